The fourth-order valence-electron chi connectivity index (χ4n) is 1.96. The third-order valence-corrected chi connectivity index (χ3v) is 3.00. The molecule has 0 aromatic heterocycles. The molecule has 1 N–H and O–H groups in total. The Labute approximate surface area is 114 Å². The zero-order valence-electron chi connectivity index (χ0n) is 11.9. The van der Waals surface area contributed by atoms with Gasteiger partial charge in [-0.05, 0) is 32.1 Å². The fraction of sp³-hybridized carbons (Fsp3) is 0.400. The standard InChI is InChI=1S/C15H21NO3/c1-5-11-6-8-14(19-4)12(10-11)13(16(2)3)7-9-15(17)18/h6-10,13H,5H2,1-4H3,(H,17,18)/b9-7+. The summed E-state index contributed by atoms with van der Waals surface area (Å²) in [6.07, 6.45) is 3.77. The van der Waals surface area contributed by atoms with Crippen molar-refractivity contribution >= 4 is 5.97 Å². The number of aliphatic carboxylic acids is 1. The molecule has 0 radical (unpaired) electrons. The number of likely N-dealkylation sites (N-methyl/N-ethyl adjacent to an activating group) is 1. The molecular formula is C15H21NO3. The van der Waals surface area contributed by atoms with Crippen molar-refractivity contribution in [2.24, 2.45) is 0 Å². The molecule has 0 aliphatic carbocycles. The largest absolute Gasteiger partial charge is 0.496 e. The minimum absolute atomic E-state index is 0.127. The Bertz CT molecular complexity index is 466. The number of aryl methyl sites for hydroxylation is 1. The van der Waals surface area contributed by atoms with Crippen LogP contribution in [0, 0.1) is 0 Å². The first-order valence-corrected chi connectivity index (χ1v) is 6.24. The number of carboxylic acid groups (broad SMARTS) is 1. The Morgan fingerprint density at radius 2 is 2.16 bits per heavy atom. The molecule has 4 heteroatoms. The summed E-state index contributed by atoms with van der Waals surface area (Å²) in [6.45, 7) is 2.09. The molecule has 1 rings (SSSR count). The van der Waals surface area contributed by atoms with Crippen LogP contribution in [0.4, 0.5) is 0 Å². The molecule has 1 aromatic rings. The molecule has 1 aromatic carbocycles. The van der Waals surface area contributed by atoms with Crippen LogP contribution < -0.4 is 4.74 Å². The highest BCUT2D eigenvalue weighted by molar-refractivity contribution is 5.79. The molecule has 104 valence electrons. The molecule has 0 spiro atoms. The zero-order chi connectivity index (χ0) is 14.4. The van der Waals surface area contributed by atoms with Crippen molar-refractivity contribution in [3.63, 3.8) is 0 Å². The van der Waals surface area contributed by atoms with Crippen molar-refractivity contribution in [3.05, 3.63) is 41.5 Å². The monoisotopic (exact) mass is 263 g/mol. The van der Waals surface area contributed by atoms with Gasteiger partial charge in [0.15, 0.2) is 0 Å². The quantitative estimate of drug-likeness (QED) is 0.801. The Hall–Kier alpha value is -1.81. The Morgan fingerprint density at radius 1 is 1.47 bits per heavy atom. The molecular weight excluding hydrogens is 242 g/mol. The second-order valence-electron chi connectivity index (χ2n) is 4.54. The Morgan fingerprint density at radius 3 is 2.63 bits per heavy atom. The van der Waals surface area contributed by atoms with Crippen LogP contribution in [0.15, 0.2) is 30.4 Å². The molecule has 0 saturated heterocycles. The highest BCUT2D eigenvalue weighted by Crippen LogP contribution is 2.30. The van der Waals surface area contributed by atoms with E-state index in [0.717, 1.165) is 17.7 Å². The van der Waals surface area contributed by atoms with E-state index >= 15 is 0 Å². The number of carbonyl (C=O) groups is 1. The third-order valence-electron chi connectivity index (χ3n) is 3.00. The first-order chi connectivity index (χ1) is 8.99. The third kappa shape index (κ3) is 4.10. The van der Waals surface area contributed by atoms with Gasteiger partial charge in [0.25, 0.3) is 0 Å². The topological polar surface area (TPSA) is 49.8 Å². The van der Waals surface area contributed by atoms with Crippen LogP contribution in [0.25, 0.3) is 0 Å². The Kier molecular flexibility index (Phi) is 5.57. The maximum Gasteiger partial charge on any atom is 0.328 e. The molecule has 0 fully saturated rings. The highest BCUT2D eigenvalue weighted by Gasteiger charge is 2.16. The van der Waals surface area contributed by atoms with Gasteiger partial charge in [0, 0.05) is 11.6 Å². The number of hydrogen-bond acceptors (Lipinski definition) is 3. The maximum absolute atomic E-state index is 10.7. The Balaban J connectivity index is 3.23. The van der Waals surface area contributed by atoms with Crippen molar-refractivity contribution in [3.8, 4) is 5.75 Å². The van der Waals surface area contributed by atoms with Gasteiger partial charge in [-0.25, -0.2) is 4.79 Å². The molecule has 0 amide bonds. The predicted molar refractivity (Wildman–Crippen MR) is 75.6 cm³/mol. The average Bonchev–Trinajstić information content (AvgIpc) is 2.38. The van der Waals surface area contributed by atoms with Gasteiger partial charge in [0.05, 0.1) is 13.2 Å². The molecule has 0 bridgehead atoms. The van der Waals surface area contributed by atoms with Gasteiger partial charge in [-0.15, -0.1) is 0 Å². The zero-order valence-corrected chi connectivity index (χ0v) is 11.9. The minimum Gasteiger partial charge on any atom is -0.496 e. The molecule has 19 heavy (non-hydrogen) atoms. The number of hydrogen-bond donors (Lipinski definition) is 1. The first kappa shape index (κ1) is 15.2. The van der Waals surface area contributed by atoms with Gasteiger partial charge in [-0.3, -0.25) is 4.90 Å². The molecule has 4 nitrogen and oxygen atoms in total. The summed E-state index contributed by atoms with van der Waals surface area (Å²) in [7, 11) is 5.45. The summed E-state index contributed by atoms with van der Waals surface area (Å²) in [6, 6.07) is 5.89. The van der Waals surface area contributed by atoms with Gasteiger partial charge < -0.3 is 9.84 Å². The number of rotatable bonds is 6. The van der Waals surface area contributed by atoms with E-state index in [-0.39, 0.29) is 6.04 Å². The summed E-state index contributed by atoms with van der Waals surface area (Å²) in [5, 5.41) is 8.78. The molecule has 1 atom stereocenters. The summed E-state index contributed by atoms with van der Waals surface area (Å²) < 4.78 is 5.37. The van der Waals surface area contributed by atoms with E-state index in [9.17, 15) is 4.79 Å². The smallest absolute Gasteiger partial charge is 0.328 e. The van der Waals surface area contributed by atoms with Crippen molar-refractivity contribution in [1.29, 1.82) is 0 Å². The minimum atomic E-state index is -0.947. The summed E-state index contributed by atoms with van der Waals surface area (Å²) in [5.74, 6) is -0.177. The van der Waals surface area contributed by atoms with E-state index in [0.29, 0.717) is 0 Å². The summed E-state index contributed by atoms with van der Waals surface area (Å²) in [5.41, 5.74) is 2.18. The van der Waals surface area contributed by atoms with Crippen LogP contribution in [-0.4, -0.2) is 37.2 Å². The van der Waals surface area contributed by atoms with Crippen LogP contribution >= 0.6 is 0 Å². The van der Waals surface area contributed by atoms with E-state index in [2.05, 4.69) is 13.0 Å². The van der Waals surface area contributed by atoms with E-state index in [1.54, 1.807) is 13.2 Å². The van der Waals surface area contributed by atoms with Gasteiger partial charge in [-0.1, -0.05) is 25.1 Å². The van der Waals surface area contributed by atoms with Crippen molar-refractivity contribution in [1.82, 2.24) is 4.90 Å². The fourth-order valence-corrected chi connectivity index (χ4v) is 1.96. The normalized spacial score (nSPS) is 12.9. The first-order valence-electron chi connectivity index (χ1n) is 6.24. The van der Waals surface area contributed by atoms with Crippen LogP contribution in [0.2, 0.25) is 0 Å². The lowest BCUT2D eigenvalue weighted by Crippen LogP contribution is -2.19. The van der Waals surface area contributed by atoms with Crippen molar-refractivity contribution < 1.29 is 14.6 Å². The lowest BCUT2D eigenvalue weighted by Gasteiger charge is -2.24. The van der Waals surface area contributed by atoms with Crippen molar-refractivity contribution in [2.45, 2.75) is 19.4 Å². The molecule has 1 unspecified atom stereocenters. The van der Waals surface area contributed by atoms with Gasteiger partial charge in [0.2, 0.25) is 0 Å². The van der Waals surface area contributed by atoms with Crippen LogP contribution in [0.5, 0.6) is 5.75 Å². The number of benzene rings is 1. The van der Waals surface area contributed by atoms with E-state index < -0.39 is 5.97 Å². The number of carboxylic acids is 1. The molecule has 0 heterocycles. The maximum atomic E-state index is 10.7. The lowest BCUT2D eigenvalue weighted by molar-refractivity contribution is -0.131. The second-order valence-corrected chi connectivity index (χ2v) is 4.54. The summed E-state index contributed by atoms with van der Waals surface area (Å²) in [4.78, 5) is 12.7. The number of ether oxygens (including phenoxy) is 1. The van der Waals surface area contributed by atoms with Gasteiger partial charge in [0.1, 0.15) is 5.75 Å². The molecule has 0 aliphatic rings. The van der Waals surface area contributed by atoms with E-state index in [1.807, 2.05) is 31.1 Å². The predicted octanol–water partition coefficient (Wildman–Crippen LogP) is 2.50. The van der Waals surface area contributed by atoms with Gasteiger partial charge >= 0.3 is 5.97 Å². The molecule has 0 saturated carbocycles. The second kappa shape index (κ2) is 6.95. The molecule has 0 aliphatic heterocycles. The number of methoxy groups -OCH3 is 1. The van der Waals surface area contributed by atoms with Crippen molar-refractivity contribution in [2.75, 3.05) is 21.2 Å². The highest BCUT2D eigenvalue weighted by atomic mass is 16.5. The average molecular weight is 263 g/mol. The van der Waals surface area contributed by atoms with E-state index in [1.165, 1.54) is 11.6 Å². The van der Waals surface area contributed by atoms with E-state index in [4.69, 9.17) is 9.84 Å². The van der Waals surface area contributed by atoms with Crippen LogP contribution in [0.1, 0.15) is 24.1 Å². The summed E-state index contributed by atoms with van der Waals surface area (Å²) >= 11 is 0. The number of nitrogens with zero attached hydrogens (tertiary/aromatic N) is 1. The van der Waals surface area contributed by atoms with Crippen LogP contribution in [0.3, 0.4) is 0 Å². The van der Waals surface area contributed by atoms with Gasteiger partial charge in [-0.2, -0.15) is 0 Å². The SMILES string of the molecule is CCc1ccc(OC)c(C(/C=C/C(=O)O)N(C)C)c1. The lowest BCUT2D eigenvalue weighted by atomic mass is 10.00. The van der Waals surface area contributed by atoms with Crippen LogP contribution in [-0.2, 0) is 11.2 Å².